The average molecular weight is 208 g/mol. The summed E-state index contributed by atoms with van der Waals surface area (Å²) in [5, 5.41) is 9.30. The van der Waals surface area contributed by atoms with E-state index in [1.807, 2.05) is 0 Å². The standard InChI is InChI=1S/C10H12N2O3/c1-6-5-11-10(15)12(9(6)14)7-2-3-8(13)4-7/h2-3,5,7-8,13H,4H2,1H3,(H,11,15). The predicted octanol–water partition coefficient (Wildman–Crippen LogP) is -0.293. The summed E-state index contributed by atoms with van der Waals surface area (Å²) in [4.78, 5) is 25.7. The van der Waals surface area contributed by atoms with Gasteiger partial charge in [-0.15, -0.1) is 0 Å². The van der Waals surface area contributed by atoms with Crippen molar-refractivity contribution in [3.63, 3.8) is 0 Å². The Balaban J connectivity index is 2.54. The Hall–Kier alpha value is -1.62. The second-order valence-electron chi connectivity index (χ2n) is 3.71. The number of hydrogen-bond acceptors (Lipinski definition) is 3. The molecule has 2 unspecified atom stereocenters. The number of rotatable bonds is 1. The fourth-order valence-corrected chi connectivity index (χ4v) is 1.74. The van der Waals surface area contributed by atoms with Crippen LogP contribution in [0.25, 0.3) is 0 Å². The largest absolute Gasteiger partial charge is 0.389 e. The molecule has 1 aromatic heterocycles. The van der Waals surface area contributed by atoms with Crippen molar-refractivity contribution >= 4 is 0 Å². The van der Waals surface area contributed by atoms with Crippen LogP contribution in [0.15, 0.2) is 27.9 Å². The van der Waals surface area contributed by atoms with Crippen LogP contribution in [0.4, 0.5) is 0 Å². The van der Waals surface area contributed by atoms with Gasteiger partial charge >= 0.3 is 5.69 Å². The summed E-state index contributed by atoms with van der Waals surface area (Å²) in [7, 11) is 0. The second-order valence-corrected chi connectivity index (χ2v) is 3.71. The molecule has 0 saturated carbocycles. The minimum Gasteiger partial charge on any atom is -0.389 e. The van der Waals surface area contributed by atoms with Crippen LogP contribution in [0.3, 0.4) is 0 Å². The Bertz CT molecular complexity index is 512. The third-order valence-electron chi connectivity index (χ3n) is 2.56. The lowest BCUT2D eigenvalue weighted by Crippen LogP contribution is -2.38. The molecular weight excluding hydrogens is 196 g/mol. The molecule has 1 heterocycles. The minimum atomic E-state index is -0.568. The molecule has 1 aliphatic rings. The van der Waals surface area contributed by atoms with Crippen molar-refractivity contribution in [2.75, 3.05) is 0 Å². The Morgan fingerprint density at radius 3 is 2.80 bits per heavy atom. The number of aromatic nitrogens is 2. The van der Waals surface area contributed by atoms with E-state index in [0.29, 0.717) is 12.0 Å². The molecule has 2 atom stereocenters. The summed E-state index contributed by atoms with van der Waals surface area (Å²) in [5.41, 5.74) is -0.249. The lowest BCUT2D eigenvalue weighted by atomic mass is 10.2. The van der Waals surface area contributed by atoms with Crippen molar-refractivity contribution in [3.8, 4) is 0 Å². The third-order valence-corrected chi connectivity index (χ3v) is 2.56. The first kappa shape index (κ1) is 9.92. The molecule has 15 heavy (non-hydrogen) atoms. The van der Waals surface area contributed by atoms with Gasteiger partial charge in [-0.2, -0.15) is 0 Å². The van der Waals surface area contributed by atoms with Crippen molar-refractivity contribution in [2.24, 2.45) is 0 Å². The molecule has 2 rings (SSSR count). The van der Waals surface area contributed by atoms with Crippen LogP contribution in [-0.2, 0) is 0 Å². The van der Waals surface area contributed by atoms with Crippen LogP contribution in [0, 0.1) is 6.92 Å². The first-order valence-electron chi connectivity index (χ1n) is 4.77. The summed E-state index contributed by atoms with van der Waals surface area (Å²) < 4.78 is 1.14. The molecule has 0 aromatic carbocycles. The second kappa shape index (κ2) is 3.51. The van der Waals surface area contributed by atoms with Crippen LogP contribution in [0.1, 0.15) is 18.0 Å². The number of aliphatic hydroxyl groups excluding tert-OH is 1. The highest BCUT2D eigenvalue weighted by molar-refractivity contribution is 5.09. The monoisotopic (exact) mass is 208 g/mol. The molecule has 1 aromatic rings. The first-order chi connectivity index (χ1) is 7.09. The Labute approximate surface area is 85.7 Å². The van der Waals surface area contributed by atoms with E-state index in [1.54, 1.807) is 19.1 Å². The molecule has 2 N–H and O–H groups in total. The maximum atomic E-state index is 11.7. The van der Waals surface area contributed by atoms with Crippen molar-refractivity contribution in [3.05, 3.63) is 44.8 Å². The van der Waals surface area contributed by atoms with Gasteiger partial charge in [-0.3, -0.25) is 9.36 Å². The average Bonchev–Trinajstić information content (AvgIpc) is 2.59. The smallest absolute Gasteiger partial charge is 0.328 e. The zero-order valence-corrected chi connectivity index (χ0v) is 8.30. The highest BCUT2D eigenvalue weighted by Crippen LogP contribution is 2.19. The van der Waals surface area contributed by atoms with E-state index in [4.69, 9.17) is 0 Å². The quantitative estimate of drug-likeness (QED) is 0.622. The van der Waals surface area contributed by atoms with E-state index >= 15 is 0 Å². The fourth-order valence-electron chi connectivity index (χ4n) is 1.74. The number of H-pyrrole nitrogens is 1. The van der Waals surface area contributed by atoms with Crippen LogP contribution in [0.5, 0.6) is 0 Å². The molecule has 0 fully saturated rings. The van der Waals surface area contributed by atoms with Gasteiger partial charge in [0.2, 0.25) is 0 Å². The van der Waals surface area contributed by atoms with Crippen LogP contribution >= 0.6 is 0 Å². The number of nitrogens with zero attached hydrogens (tertiary/aromatic N) is 1. The zero-order chi connectivity index (χ0) is 11.0. The molecule has 5 nitrogen and oxygen atoms in total. The number of nitrogens with one attached hydrogen (secondary N) is 1. The summed E-state index contributed by atoms with van der Waals surface area (Å²) >= 11 is 0. The van der Waals surface area contributed by atoms with Crippen molar-refractivity contribution in [1.82, 2.24) is 9.55 Å². The predicted molar refractivity (Wildman–Crippen MR) is 54.9 cm³/mol. The van der Waals surface area contributed by atoms with E-state index in [0.717, 1.165) is 4.57 Å². The van der Waals surface area contributed by atoms with Gasteiger partial charge in [0.25, 0.3) is 5.56 Å². The van der Waals surface area contributed by atoms with Gasteiger partial charge in [-0.05, 0) is 6.92 Å². The molecule has 0 aliphatic heterocycles. The van der Waals surface area contributed by atoms with Gasteiger partial charge in [0, 0.05) is 18.2 Å². The minimum absolute atomic E-state index is 0.303. The highest BCUT2D eigenvalue weighted by atomic mass is 16.3. The molecule has 0 bridgehead atoms. The fraction of sp³-hybridized carbons (Fsp3) is 0.400. The lowest BCUT2D eigenvalue weighted by Gasteiger charge is -2.11. The van der Waals surface area contributed by atoms with Gasteiger partial charge in [0.05, 0.1) is 12.1 Å². The number of hydrogen-bond donors (Lipinski definition) is 2. The molecule has 80 valence electrons. The topological polar surface area (TPSA) is 75.1 Å². The Morgan fingerprint density at radius 1 is 1.47 bits per heavy atom. The lowest BCUT2D eigenvalue weighted by molar-refractivity contribution is 0.209. The SMILES string of the molecule is Cc1c[nH]c(=O)n(C2C=CC(O)C2)c1=O. The molecule has 5 heteroatoms. The normalized spacial score (nSPS) is 24.7. The zero-order valence-electron chi connectivity index (χ0n) is 8.30. The van der Waals surface area contributed by atoms with Crippen molar-refractivity contribution < 1.29 is 5.11 Å². The summed E-state index contributed by atoms with van der Waals surface area (Å²) in [5.74, 6) is 0. The van der Waals surface area contributed by atoms with Gasteiger partial charge in [0.1, 0.15) is 0 Å². The van der Waals surface area contributed by atoms with Gasteiger partial charge in [-0.25, -0.2) is 4.79 Å². The number of aryl methyl sites for hydroxylation is 1. The highest BCUT2D eigenvalue weighted by Gasteiger charge is 2.21. The number of allylic oxidation sites excluding steroid dienone is 1. The maximum absolute atomic E-state index is 11.7. The van der Waals surface area contributed by atoms with E-state index in [-0.39, 0.29) is 11.6 Å². The van der Waals surface area contributed by atoms with E-state index in [1.165, 1.54) is 6.20 Å². The van der Waals surface area contributed by atoms with E-state index in [9.17, 15) is 14.7 Å². The molecule has 0 radical (unpaired) electrons. The van der Waals surface area contributed by atoms with Crippen molar-refractivity contribution in [2.45, 2.75) is 25.5 Å². The summed E-state index contributed by atoms with van der Waals surface area (Å²) in [6, 6.07) is -0.337. The Kier molecular flexibility index (Phi) is 2.32. The van der Waals surface area contributed by atoms with Gasteiger partial charge in [-0.1, -0.05) is 12.2 Å². The van der Waals surface area contributed by atoms with Crippen LogP contribution in [-0.4, -0.2) is 20.8 Å². The molecule has 0 saturated heterocycles. The third kappa shape index (κ3) is 1.66. The molecule has 1 aliphatic carbocycles. The molecule has 0 spiro atoms. The number of aromatic amines is 1. The van der Waals surface area contributed by atoms with E-state index < -0.39 is 11.8 Å². The summed E-state index contributed by atoms with van der Waals surface area (Å²) in [6.07, 6.45) is 4.49. The van der Waals surface area contributed by atoms with Crippen LogP contribution in [0.2, 0.25) is 0 Å². The summed E-state index contributed by atoms with van der Waals surface area (Å²) in [6.45, 7) is 1.64. The van der Waals surface area contributed by atoms with Crippen molar-refractivity contribution in [1.29, 1.82) is 0 Å². The number of aliphatic hydroxyl groups is 1. The first-order valence-corrected chi connectivity index (χ1v) is 4.77. The Morgan fingerprint density at radius 2 is 2.20 bits per heavy atom. The van der Waals surface area contributed by atoms with Gasteiger partial charge in [0.15, 0.2) is 0 Å². The molecular formula is C10H12N2O3. The molecule has 0 amide bonds. The van der Waals surface area contributed by atoms with Gasteiger partial charge < -0.3 is 10.1 Å². The van der Waals surface area contributed by atoms with E-state index in [2.05, 4.69) is 4.98 Å². The van der Waals surface area contributed by atoms with Crippen LogP contribution < -0.4 is 11.2 Å². The maximum Gasteiger partial charge on any atom is 0.328 e.